The number of sulfone groups is 1. The van der Waals surface area contributed by atoms with Crippen LogP contribution in [0, 0.1) is 0 Å². The van der Waals surface area contributed by atoms with Crippen molar-refractivity contribution in [2.24, 2.45) is 0 Å². The first-order chi connectivity index (χ1) is 9.99. The highest BCUT2D eigenvalue weighted by Crippen LogP contribution is 2.10. The molecule has 0 amide bonds. The molecule has 0 radical (unpaired) electrons. The number of nitrogens with one attached hydrogen (secondary N) is 1. The second kappa shape index (κ2) is 6.85. The summed E-state index contributed by atoms with van der Waals surface area (Å²) in [7, 11) is -3.13. The van der Waals surface area contributed by atoms with Gasteiger partial charge in [-0.3, -0.25) is 0 Å². The fourth-order valence-corrected chi connectivity index (χ4v) is 2.60. The Labute approximate surface area is 125 Å². The number of hydrogen-bond donors (Lipinski definition) is 2. The van der Waals surface area contributed by atoms with E-state index in [4.69, 9.17) is 5.11 Å². The van der Waals surface area contributed by atoms with E-state index in [0.717, 1.165) is 23.2 Å². The Balaban J connectivity index is 1.88. The standard InChI is InChI=1S/C16H19NO3S/c1-21(19,20)16-8-6-14(7-9-16)11-17-10-13-2-4-15(12-18)5-3-13/h2-9,17-18H,10-12H2,1H3. The van der Waals surface area contributed by atoms with Crippen LogP contribution in [0.4, 0.5) is 0 Å². The van der Waals surface area contributed by atoms with E-state index >= 15 is 0 Å². The van der Waals surface area contributed by atoms with Crippen molar-refractivity contribution < 1.29 is 13.5 Å². The second-order valence-corrected chi connectivity index (χ2v) is 7.01. The Kier molecular flexibility index (Phi) is 5.12. The number of aliphatic hydroxyl groups is 1. The van der Waals surface area contributed by atoms with Crippen molar-refractivity contribution in [2.75, 3.05) is 6.26 Å². The van der Waals surface area contributed by atoms with E-state index in [1.54, 1.807) is 12.1 Å². The molecule has 0 fully saturated rings. The van der Waals surface area contributed by atoms with E-state index in [1.165, 1.54) is 6.26 Å². The van der Waals surface area contributed by atoms with Crippen LogP contribution in [-0.4, -0.2) is 19.8 Å². The maximum atomic E-state index is 11.4. The summed E-state index contributed by atoms with van der Waals surface area (Å²) < 4.78 is 22.7. The average molecular weight is 305 g/mol. The highest BCUT2D eigenvalue weighted by atomic mass is 32.2. The molecule has 0 unspecified atom stereocenters. The van der Waals surface area contributed by atoms with Gasteiger partial charge in [-0.25, -0.2) is 8.42 Å². The molecule has 0 saturated heterocycles. The van der Waals surface area contributed by atoms with Gasteiger partial charge in [0.25, 0.3) is 0 Å². The lowest BCUT2D eigenvalue weighted by atomic mass is 10.1. The predicted octanol–water partition coefficient (Wildman–Crippen LogP) is 1.87. The maximum absolute atomic E-state index is 11.4. The van der Waals surface area contributed by atoms with Crippen molar-refractivity contribution in [1.29, 1.82) is 0 Å². The number of rotatable bonds is 6. The number of aliphatic hydroxyl groups excluding tert-OH is 1. The lowest BCUT2D eigenvalue weighted by Crippen LogP contribution is -2.12. The molecule has 4 nitrogen and oxygen atoms in total. The van der Waals surface area contributed by atoms with Crippen LogP contribution in [0.1, 0.15) is 16.7 Å². The Hall–Kier alpha value is -1.69. The molecule has 0 bridgehead atoms. The van der Waals surface area contributed by atoms with Gasteiger partial charge in [-0.05, 0) is 28.8 Å². The van der Waals surface area contributed by atoms with Gasteiger partial charge in [-0.15, -0.1) is 0 Å². The third-order valence-electron chi connectivity index (χ3n) is 3.22. The van der Waals surface area contributed by atoms with Gasteiger partial charge in [0.15, 0.2) is 9.84 Å². The molecule has 0 aromatic heterocycles. The number of hydrogen-bond acceptors (Lipinski definition) is 4. The van der Waals surface area contributed by atoms with Gasteiger partial charge >= 0.3 is 0 Å². The third-order valence-corrected chi connectivity index (χ3v) is 4.34. The summed E-state index contributed by atoms with van der Waals surface area (Å²) in [6.45, 7) is 1.45. The molecular formula is C16H19NO3S. The van der Waals surface area contributed by atoms with Gasteiger partial charge in [0, 0.05) is 19.3 Å². The van der Waals surface area contributed by atoms with E-state index in [-0.39, 0.29) is 6.61 Å². The van der Waals surface area contributed by atoms with E-state index in [0.29, 0.717) is 11.4 Å². The van der Waals surface area contributed by atoms with Crippen LogP contribution in [0.25, 0.3) is 0 Å². The molecule has 0 saturated carbocycles. The topological polar surface area (TPSA) is 66.4 Å². The predicted molar refractivity (Wildman–Crippen MR) is 82.5 cm³/mol. The summed E-state index contributed by atoms with van der Waals surface area (Å²) >= 11 is 0. The first-order valence-electron chi connectivity index (χ1n) is 6.67. The van der Waals surface area contributed by atoms with Gasteiger partial charge in [0.1, 0.15) is 0 Å². The zero-order valence-electron chi connectivity index (χ0n) is 11.9. The Bertz CT molecular complexity index is 676. The summed E-state index contributed by atoms with van der Waals surface area (Å²) in [5, 5.41) is 12.3. The molecule has 2 rings (SSSR count). The molecule has 112 valence electrons. The smallest absolute Gasteiger partial charge is 0.175 e. The molecule has 0 atom stereocenters. The lowest BCUT2D eigenvalue weighted by Gasteiger charge is -2.07. The molecule has 0 aliphatic carbocycles. The first kappa shape index (κ1) is 15.7. The average Bonchev–Trinajstić information content (AvgIpc) is 2.47. The Morgan fingerprint density at radius 2 is 1.29 bits per heavy atom. The van der Waals surface area contributed by atoms with Crippen molar-refractivity contribution >= 4 is 9.84 Å². The summed E-state index contributed by atoms with van der Waals surface area (Å²) in [4.78, 5) is 0.339. The zero-order chi connectivity index (χ0) is 15.3. The Morgan fingerprint density at radius 1 is 0.857 bits per heavy atom. The molecule has 2 aromatic carbocycles. The van der Waals surface area contributed by atoms with Crippen molar-refractivity contribution in [1.82, 2.24) is 5.32 Å². The number of benzene rings is 2. The summed E-state index contributed by atoms with van der Waals surface area (Å²) in [6.07, 6.45) is 1.20. The van der Waals surface area contributed by atoms with Gasteiger partial charge in [-0.1, -0.05) is 36.4 Å². The maximum Gasteiger partial charge on any atom is 0.175 e. The van der Waals surface area contributed by atoms with Gasteiger partial charge in [0.2, 0.25) is 0 Å². The van der Waals surface area contributed by atoms with E-state index < -0.39 is 9.84 Å². The zero-order valence-corrected chi connectivity index (χ0v) is 12.7. The minimum atomic E-state index is -3.13. The normalized spacial score (nSPS) is 11.5. The molecule has 5 heteroatoms. The molecule has 0 heterocycles. The molecule has 21 heavy (non-hydrogen) atoms. The highest BCUT2D eigenvalue weighted by Gasteiger charge is 2.05. The molecule has 0 aliphatic heterocycles. The summed E-state index contributed by atoms with van der Waals surface area (Å²) in [5.41, 5.74) is 3.07. The molecule has 2 N–H and O–H groups in total. The van der Waals surface area contributed by atoms with E-state index in [9.17, 15) is 8.42 Å². The summed E-state index contributed by atoms with van der Waals surface area (Å²) in [5.74, 6) is 0. The molecule has 2 aromatic rings. The van der Waals surface area contributed by atoms with Crippen LogP contribution < -0.4 is 5.32 Å². The SMILES string of the molecule is CS(=O)(=O)c1ccc(CNCc2ccc(CO)cc2)cc1. The van der Waals surface area contributed by atoms with Gasteiger partial charge in [0.05, 0.1) is 11.5 Å². The van der Waals surface area contributed by atoms with E-state index in [1.807, 2.05) is 36.4 Å². The second-order valence-electron chi connectivity index (χ2n) is 4.99. The van der Waals surface area contributed by atoms with Crippen molar-refractivity contribution in [2.45, 2.75) is 24.6 Å². The molecule has 0 aliphatic rings. The molecular weight excluding hydrogens is 286 g/mol. The van der Waals surface area contributed by atoms with Crippen LogP contribution >= 0.6 is 0 Å². The van der Waals surface area contributed by atoms with Crippen molar-refractivity contribution in [3.63, 3.8) is 0 Å². The fraction of sp³-hybridized carbons (Fsp3) is 0.250. The third kappa shape index (κ3) is 4.67. The minimum absolute atomic E-state index is 0.0559. The van der Waals surface area contributed by atoms with Crippen LogP contribution in [0.3, 0.4) is 0 Å². The van der Waals surface area contributed by atoms with Gasteiger partial charge in [-0.2, -0.15) is 0 Å². The fourth-order valence-electron chi connectivity index (χ4n) is 1.97. The Morgan fingerprint density at radius 3 is 1.71 bits per heavy atom. The van der Waals surface area contributed by atoms with Crippen LogP contribution in [0.2, 0.25) is 0 Å². The monoisotopic (exact) mass is 305 g/mol. The minimum Gasteiger partial charge on any atom is -0.392 e. The summed E-state index contributed by atoms with van der Waals surface area (Å²) in [6, 6.07) is 14.6. The molecule has 0 spiro atoms. The largest absolute Gasteiger partial charge is 0.392 e. The van der Waals surface area contributed by atoms with E-state index in [2.05, 4.69) is 5.32 Å². The van der Waals surface area contributed by atoms with Crippen LogP contribution in [0.15, 0.2) is 53.4 Å². The lowest BCUT2D eigenvalue weighted by molar-refractivity contribution is 0.282. The van der Waals surface area contributed by atoms with Crippen molar-refractivity contribution in [3.05, 3.63) is 65.2 Å². The quantitative estimate of drug-likeness (QED) is 0.855. The first-order valence-corrected chi connectivity index (χ1v) is 8.56. The van der Waals surface area contributed by atoms with Gasteiger partial charge < -0.3 is 10.4 Å². The van der Waals surface area contributed by atoms with Crippen molar-refractivity contribution in [3.8, 4) is 0 Å². The van der Waals surface area contributed by atoms with Crippen LogP contribution in [-0.2, 0) is 29.5 Å². The highest BCUT2D eigenvalue weighted by molar-refractivity contribution is 7.90. The van der Waals surface area contributed by atoms with Crippen LogP contribution in [0.5, 0.6) is 0 Å².